The highest BCUT2D eigenvalue weighted by Gasteiger charge is 2.17. The first-order chi connectivity index (χ1) is 10.5. The second kappa shape index (κ2) is 9.04. The molecule has 1 aromatic carbocycles. The molecule has 0 spiro atoms. The third-order valence-electron chi connectivity index (χ3n) is 3.30. The summed E-state index contributed by atoms with van der Waals surface area (Å²) in [6.07, 6.45) is -0.698. The molecule has 22 heavy (non-hydrogen) atoms. The number of quaternary nitrogens is 1. The van der Waals surface area contributed by atoms with Gasteiger partial charge in [0.05, 0.1) is 20.3 Å². The highest BCUT2D eigenvalue weighted by Crippen LogP contribution is 2.18. The maximum atomic E-state index is 11.8. The predicted octanol–water partition coefficient (Wildman–Crippen LogP) is 0.681. The minimum atomic E-state index is -0.698. The zero-order valence-corrected chi connectivity index (χ0v) is 13.7. The van der Waals surface area contributed by atoms with Gasteiger partial charge in [-0.25, -0.2) is 4.79 Å². The normalized spacial score (nSPS) is 11.6. The molecular weight excluding hydrogens is 284 g/mol. The lowest BCUT2D eigenvalue weighted by Crippen LogP contribution is -3.11. The number of hydrogen-bond donors (Lipinski definition) is 2. The van der Waals surface area contributed by atoms with E-state index in [1.807, 2.05) is 26.0 Å². The Hall–Kier alpha value is -2.08. The van der Waals surface area contributed by atoms with Gasteiger partial charge in [0.1, 0.15) is 12.3 Å². The van der Waals surface area contributed by atoms with E-state index in [-0.39, 0.29) is 19.1 Å². The Morgan fingerprint density at radius 3 is 2.59 bits per heavy atom. The Bertz CT molecular complexity index is 517. The molecule has 2 amide bonds. The number of rotatable bonds is 7. The molecule has 0 bridgehead atoms. The summed E-state index contributed by atoms with van der Waals surface area (Å²) in [4.78, 5) is 24.1. The maximum absolute atomic E-state index is 11.8. The molecule has 0 fully saturated rings. The number of imide groups is 1. The van der Waals surface area contributed by atoms with E-state index in [1.165, 1.54) is 0 Å². The number of carbonyl (C=O) groups excluding carboxylic acids is 2. The fourth-order valence-corrected chi connectivity index (χ4v) is 2.18. The number of ether oxygens (including phenoxy) is 2. The van der Waals surface area contributed by atoms with E-state index in [1.54, 1.807) is 14.0 Å². The number of hydrogen-bond acceptors (Lipinski definition) is 4. The summed E-state index contributed by atoms with van der Waals surface area (Å²) in [6, 6.07) is 5.97. The molecule has 0 saturated carbocycles. The Labute approximate surface area is 131 Å². The van der Waals surface area contributed by atoms with Crippen LogP contribution in [0.4, 0.5) is 4.79 Å². The Kier molecular flexibility index (Phi) is 7.39. The van der Waals surface area contributed by atoms with Crippen LogP contribution in [0.2, 0.25) is 0 Å². The first-order valence-electron chi connectivity index (χ1n) is 7.43. The van der Waals surface area contributed by atoms with Crippen molar-refractivity contribution in [3.05, 3.63) is 29.3 Å². The van der Waals surface area contributed by atoms with Gasteiger partial charge in [-0.2, -0.15) is 0 Å². The summed E-state index contributed by atoms with van der Waals surface area (Å²) < 4.78 is 10.1. The van der Waals surface area contributed by atoms with Crippen LogP contribution in [0.1, 0.15) is 25.0 Å². The summed E-state index contributed by atoms with van der Waals surface area (Å²) in [6.45, 7) is 7.55. The standard InChI is InChI=1S/C16H24N2O4/c1-5-18(11-15(19)17-16(20)22-6-2)10-13-9-12(3)7-8-14(13)21-4/h7-9H,5-6,10-11H2,1-4H3,(H,17,19,20)/p+1. The first-order valence-corrected chi connectivity index (χ1v) is 7.43. The van der Waals surface area contributed by atoms with Gasteiger partial charge >= 0.3 is 6.09 Å². The number of carbonyl (C=O) groups is 2. The van der Waals surface area contributed by atoms with Crippen LogP contribution in [-0.2, 0) is 16.1 Å². The number of benzene rings is 1. The van der Waals surface area contributed by atoms with E-state index in [4.69, 9.17) is 9.47 Å². The Morgan fingerprint density at radius 1 is 1.27 bits per heavy atom. The SMILES string of the molecule is CCOC(=O)NC(=O)C[NH+](CC)Cc1cc(C)ccc1OC. The molecule has 6 nitrogen and oxygen atoms in total. The van der Waals surface area contributed by atoms with Crippen molar-refractivity contribution < 1.29 is 24.0 Å². The van der Waals surface area contributed by atoms with Gasteiger partial charge < -0.3 is 14.4 Å². The summed E-state index contributed by atoms with van der Waals surface area (Å²) in [5, 5.41) is 2.22. The summed E-state index contributed by atoms with van der Waals surface area (Å²) in [7, 11) is 1.63. The van der Waals surface area contributed by atoms with Crippen molar-refractivity contribution in [1.29, 1.82) is 0 Å². The third-order valence-corrected chi connectivity index (χ3v) is 3.30. The molecule has 0 saturated heterocycles. The number of likely N-dealkylation sites (N-methyl/N-ethyl adjacent to an activating group) is 1. The average molecular weight is 309 g/mol. The fourth-order valence-electron chi connectivity index (χ4n) is 2.18. The molecule has 0 heterocycles. The molecule has 2 N–H and O–H groups in total. The van der Waals surface area contributed by atoms with E-state index in [9.17, 15) is 9.59 Å². The summed E-state index contributed by atoms with van der Waals surface area (Å²) >= 11 is 0. The molecule has 6 heteroatoms. The van der Waals surface area contributed by atoms with Crippen molar-refractivity contribution in [2.45, 2.75) is 27.3 Å². The topological polar surface area (TPSA) is 69.1 Å². The minimum absolute atomic E-state index is 0.201. The van der Waals surface area contributed by atoms with Gasteiger partial charge in [0.15, 0.2) is 6.54 Å². The quantitative estimate of drug-likeness (QED) is 0.777. The van der Waals surface area contributed by atoms with E-state index >= 15 is 0 Å². The Morgan fingerprint density at radius 2 is 2.00 bits per heavy atom. The van der Waals surface area contributed by atoms with Crippen LogP contribution >= 0.6 is 0 Å². The maximum Gasteiger partial charge on any atom is 0.414 e. The van der Waals surface area contributed by atoms with E-state index in [0.29, 0.717) is 6.54 Å². The predicted molar refractivity (Wildman–Crippen MR) is 83.0 cm³/mol. The van der Waals surface area contributed by atoms with E-state index in [0.717, 1.165) is 28.3 Å². The van der Waals surface area contributed by atoms with Gasteiger partial charge in [-0.1, -0.05) is 11.6 Å². The smallest absolute Gasteiger partial charge is 0.414 e. The monoisotopic (exact) mass is 309 g/mol. The molecule has 0 radical (unpaired) electrons. The Balaban J connectivity index is 2.67. The first kappa shape index (κ1) is 18.0. The summed E-state index contributed by atoms with van der Waals surface area (Å²) in [5.41, 5.74) is 2.19. The second-order valence-corrected chi connectivity index (χ2v) is 5.04. The van der Waals surface area contributed by atoms with Crippen molar-refractivity contribution in [1.82, 2.24) is 5.32 Å². The fraction of sp³-hybridized carbons (Fsp3) is 0.500. The van der Waals surface area contributed by atoms with Crippen LogP contribution in [0.15, 0.2) is 18.2 Å². The average Bonchev–Trinajstić information content (AvgIpc) is 2.46. The molecule has 1 aromatic rings. The van der Waals surface area contributed by atoms with Crippen LogP contribution < -0.4 is 15.0 Å². The van der Waals surface area contributed by atoms with Gasteiger partial charge in [0.25, 0.3) is 5.91 Å². The van der Waals surface area contributed by atoms with Crippen molar-refractivity contribution in [3.8, 4) is 5.75 Å². The van der Waals surface area contributed by atoms with Gasteiger partial charge in [-0.15, -0.1) is 0 Å². The van der Waals surface area contributed by atoms with Gasteiger partial charge in [-0.05, 0) is 32.9 Å². The molecule has 0 aliphatic carbocycles. The summed E-state index contributed by atoms with van der Waals surface area (Å²) in [5.74, 6) is 0.462. The highest BCUT2D eigenvalue weighted by atomic mass is 16.5. The van der Waals surface area contributed by atoms with Crippen LogP contribution in [0.5, 0.6) is 5.75 Å². The largest absolute Gasteiger partial charge is 0.496 e. The second-order valence-electron chi connectivity index (χ2n) is 5.04. The molecule has 1 rings (SSSR count). The lowest BCUT2D eigenvalue weighted by Gasteiger charge is -2.18. The van der Waals surface area contributed by atoms with Crippen LogP contribution in [0, 0.1) is 6.92 Å². The van der Waals surface area contributed by atoms with Gasteiger partial charge in [0, 0.05) is 5.56 Å². The van der Waals surface area contributed by atoms with Crippen molar-refractivity contribution in [2.24, 2.45) is 0 Å². The zero-order valence-electron chi connectivity index (χ0n) is 13.7. The number of methoxy groups -OCH3 is 1. The third kappa shape index (κ3) is 5.73. The number of alkyl carbamates (subject to hydrolysis) is 1. The highest BCUT2D eigenvalue weighted by molar-refractivity contribution is 5.92. The molecule has 122 valence electrons. The molecule has 0 aliphatic heterocycles. The molecule has 1 atom stereocenters. The van der Waals surface area contributed by atoms with Crippen molar-refractivity contribution >= 4 is 12.0 Å². The van der Waals surface area contributed by atoms with E-state index in [2.05, 4.69) is 11.4 Å². The lowest BCUT2D eigenvalue weighted by molar-refractivity contribution is -0.904. The van der Waals surface area contributed by atoms with Crippen molar-refractivity contribution in [3.63, 3.8) is 0 Å². The van der Waals surface area contributed by atoms with Crippen LogP contribution in [-0.4, -0.2) is 38.8 Å². The van der Waals surface area contributed by atoms with Gasteiger partial charge in [-0.3, -0.25) is 10.1 Å². The van der Waals surface area contributed by atoms with Crippen molar-refractivity contribution in [2.75, 3.05) is 26.8 Å². The minimum Gasteiger partial charge on any atom is -0.496 e. The van der Waals surface area contributed by atoms with Crippen LogP contribution in [0.25, 0.3) is 0 Å². The van der Waals surface area contributed by atoms with Crippen LogP contribution in [0.3, 0.4) is 0 Å². The number of nitrogens with one attached hydrogen (secondary N) is 2. The molecule has 0 aliphatic rings. The zero-order chi connectivity index (χ0) is 16.5. The lowest BCUT2D eigenvalue weighted by atomic mass is 10.1. The van der Waals surface area contributed by atoms with Gasteiger partial charge in [0.2, 0.25) is 0 Å². The van der Waals surface area contributed by atoms with E-state index < -0.39 is 6.09 Å². The molecule has 1 unspecified atom stereocenters. The number of aryl methyl sites for hydroxylation is 1. The number of amides is 2. The molecular formula is C16H25N2O4+. The molecule has 0 aromatic heterocycles.